The lowest BCUT2D eigenvalue weighted by Crippen LogP contribution is -2.18. The minimum Gasteiger partial charge on any atom is -0.348 e. The molecule has 0 saturated carbocycles. The Balaban J connectivity index is 1.78. The molecule has 2 N–H and O–H groups in total. The summed E-state index contributed by atoms with van der Waals surface area (Å²) in [5.74, 6) is 0.971. The van der Waals surface area contributed by atoms with E-state index in [-0.39, 0.29) is 0 Å². The molecule has 2 aromatic heterocycles. The van der Waals surface area contributed by atoms with Crippen molar-refractivity contribution in [3.63, 3.8) is 0 Å². The van der Waals surface area contributed by atoms with E-state index < -0.39 is 0 Å². The minimum atomic E-state index is 0.782. The van der Waals surface area contributed by atoms with Gasteiger partial charge in [-0.25, -0.2) is 4.98 Å². The molecule has 5 heteroatoms. The zero-order valence-electron chi connectivity index (χ0n) is 13.2. The molecule has 0 saturated heterocycles. The van der Waals surface area contributed by atoms with Crippen LogP contribution in [0.2, 0.25) is 0 Å². The first-order valence-corrected chi connectivity index (χ1v) is 7.40. The molecule has 5 nitrogen and oxygen atoms in total. The Labute approximate surface area is 130 Å². The highest BCUT2D eigenvalue weighted by Gasteiger charge is 2.11. The molecule has 0 aliphatic carbocycles. The number of nitrogens with one attached hydrogen (secondary N) is 2. The van der Waals surface area contributed by atoms with E-state index in [0.29, 0.717) is 0 Å². The molecule has 0 aliphatic heterocycles. The first-order chi connectivity index (χ1) is 10.6. The molecular weight excluding hydrogens is 274 g/mol. The Hall–Kier alpha value is -2.40. The van der Waals surface area contributed by atoms with Gasteiger partial charge in [-0.05, 0) is 38.1 Å². The number of aryl methyl sites for hydroxylation is 2. The summed E-state index contributed by atoms with van der Waals surface area (Å²) in [6, 6.07) is 6.51. The van der Waals surface area contributed by atoms with Gasteiger partial charge < -0.3 is 4.98 Å². The fourth-order valence-electron chi connectivity index (χ4n) is 2.56. The summed E-state index contributed by atoms with van der Waals surface area (Å²) in [5, 5.41) is 7.36. The lowest BCUT2D eigenvalue weighted by atomic mass is 10.0. The molecule has 1 aromatic carbocycles. The van der Waals surface area contributed by atoms with Crippen LogP contribution >= 0.6 is 0 Å². The van der Waals surface area contributed by atoms with Gasteiger partial charge in [0, 0.05) is 30.1 Å². The van der Waals surface area contributed by atoms with Crippen molar-refractivity contribution in [1.29, 1.82) is 0 Å². The van der Waals surface area contributed by atoms with E-state index in [0.717, 1.165) is 24.6 Å². The number of hydrogen-bond donors (Lipinski definition) is 2. The van der Waals surface area contributed by atoms with Gasteiger partial charge >= 0.3 is 0 Å². The number of benzene rings is 1. The number of aromatic amines is 2. The summed E-state index contributed by atoms with van der Waals surface area (Å²) in [6.45, 7) is 5.87. The highest BCUT2D eigenvalue weighted by Crippen LogP contribution is 2.24. The lowest BCUT2D eigenvalue weighted by molar-refractivity contribution is 0.312. The largest absolute Gasteiger partial charge is 0.348 e. The average molecular weight is 295 g/mol. The van der Waals surface area contributed by atoms with Crippen LogP contribution in [0.4, 0.5) is 0 Å². The van der Waals surface area contributed by atoms with Crippen LogP contribution in [0.3, 0.4) is 0 Å². The van der Waals surface area contributed by atoms with Crippen LogP contribution in [-0.4, -0.2) is 32.1 Å². The maximum absolute atomic E-state index is 4.27. The summed E-state index contributed by atoms with van der Waals surface area (Å²) in [7, 11) is 2.08. The first-order valence-electron chi connectivity index (χ1n) is 7.40. The summed E-state index contributed by atoms with van der Waals surface area (Å²) < 4.78 is 0. The molecule has 0 unspecified atom stereocenters. The first kappa shape index (κ1) is 14.5. The van der Waals surface area contributed by atoms with Crippen LogP contribution in [-0.2, 0) is 13.1 Å². The van der Waals surface area contributed by atoms with Gasteiger partial charge in [0.05, 0.1) is 18.4 Å². The van der Waals surface area contributed by atoms with E-state index in [9.17, 15) is 0 Å². The molecule has 0 amide bonds. The van der Waals surface area contributed by atoms with E-state index >= 15 is 0 Å². The molecule has 0 radical (unpaired) electrons. The quantitative estimate of drug-likeness (QED) is 0.760. The Kier molecular flexibility index (Phi) is 4.06. The van der Waals surface area contributed by atoms with Crippen molar-refractivity contribution in [3.8, 4) is 11.3 Å². The van der Waals surface area contributed by atoms with E-state index in [1.54, 1.807) is 6.20 Å². The lowest BCUT2D eigenvalue weighted by Gasteiger charge is -2.15. The Morgan fingerprint density at radius 1 is 1.14 bits per heavy atom. The number of nitrogens with zero attached hydrogens (tertiary/aromatic N) is 3. The van der Waals surface area contributed by atoms with Crippen LogP contribution < -0.4 is 0 Å². The maximum Gasteiger partial charge on any atom is 0.120 e. The minimum absolute atomic E-state index is 0.782. The predicted molar refractivity (Wildman–Crippen MR) is 87.3 cm³/mol. The van der Waals surface area contributed by atoms with Gasteiger partial charge in [0.25, 0.3) is 0 Å². The zero-order valence-corrected chi connectivity index (χ0v) is 13.2. The van der Waals surface area contributed by atoms with Crippen molar-refractivity contribution in [2.75, 3.05) is 7.05 Å². The van der Waals surface area contributed by atoms with Crippen molar-refractivity contribution < 1.29 is 0 Å². The number of imidazole rings is 1. The highest BCUT2D eigenvalue weighted by atomic mass is 15.1. The topological polar surface area (TPSA) is 60.6 Å². The highest BCUT2D eigenvalue weighted by molar-refractivity contribution is 5.64. The van der Waals surface area contributed by atoms with Gasteiger partial charge in [-0.2, -0.15) is 5.10 Å². The van der Waals surface area contributed by atoms with E-state index in [1.165, 1.54) is 22.3 Å². The predicted octanol–water partition coefficient (Wildman–Crippen LogP) is 3.05. The molecule has 0 aliphatic rings. The molecule has 0 spiro atoms. The van der Waals surface area contributed by atoms with Gasteiger partial charge in [-0.1, -0.05) is 12.1 Å². The second-order valence-corrected chi connectivity index (χ2v) is 5.78. The van der Waals surface area contributed by atoms with Crippen LogP contribution in [0.1, 0.15) is 22.5 Å². The van der Waals surface area contributed by atoms with Crippen LogP contribution in [0.25, 0.3) is 11.3 Å². The summed E-state index contributed by atoms with van der Waals surface area (Å²) in [5.41, 5.74) is 6.07. The van der Waals surface area contributed by atoms with Gasteiger partial charge in [0.1, 0.15) is 5.82 Å². The standard InChI is InChI=1S/C17H21N5/c1-12-4-5-14(8-13(12)2)17-15(9-20-21-17)10-22(3)11-16-18-6-7-19-16/h4-9H,10-11H2,1-3H3,(H,18,19)(H,20,21). The molecule has 114 valence electrons. The Morgan fingerprint density at radius 2 is 2.00 bits per heavy atom. The van der Waals surface area contributed by atoms with Gasteiger partial charge in [-0.3, -0.25) is 10.00 Å². The third kappa shape index (κ3) is 3.09. The summed E-state index contributed by atoms with van der Waals surface area (Å²) >= 11 is 0. The number of aromatic nitrogens is 4. The molecule has 3 rings (SSSR count). The van der Waals surface area contributed by atoms with Crippen molar-refractivity contribution in [2.24, 2.45) is 0 Å². The summed E-state index contributed by atoms with van der Waals surface area (Å²) in [4.78, 5) is 9.61. The smallest absolute Gasteiger partial charge is 0.120 e. The van der Waals surface area contributed by atoms with E-state index in [1.807, 2.05) is 12.4 Å². The molecular formula is C17H21N5. The third-order valence-electron chi connectivity index (χ3n) is 3.93. The van der Waals surface area contributed by atoms with Crippen molar-refractivity contribution in [2.45, 2.75) is 26.9 Å². The Morgan fingerprint density at radius 3 is 2.73 bits per heavy atom. The monoisotopic (exact) mass is 295 g/mol. The van der Waals surface area contributed by atoms with Crippen LogP contribution in [0, 0.1) is 13.8 Å². The third-order valence-corrected chi connectivity index (χ3v) is 3.93. The second kappa shape index (κ2) is 6.15. The SMILES string of the molecule is Cc1ccc(-c2[nH]ncc2CN(C)Cc2ncc[nH]2)cc1C. The molecule has 0 bridgehead atoms. The maximum atomic E-state index is 4.27. The van der Waals surface area contributed by atoms with Crippen LogP contribution in [0.5, 0.6) is 0 Å². The average Bonchev–Trinajstić information content (AvgIpc) is 3.13. The number of hydrogen-bond acceptors (Lipinski definition) is 3. The molecule has 22 heavy (non-hydrogen) atoms. The van der Waals surface area contributed by atoms with Crippen LogP contribution in [0.15, 0.2) is 36.8 Å². The zero-order chi connectivity index (χ0) is 15.5. The van der Waals surface area contributed by atoms with Gasteiger partial charge in [-0.15, -0.1) is 0 Å². The molecule has 3 aromatic rings. The van der Waals surface area contributed by atoms with E-state index in [4.69, 9.17) is 0 Å². The summed E-state index contributed by atoms with van der Waals surface area (Å²) in [6.07, 6.45) is 5.53. The number of H-pyrrole nitrogens is 2. The Bertz CT molecular complexity index is 742. The van der Waals surface area contributed by atoms with E-state index in [2.05, 4.69) is 64.2 Å². The number of rotatable bonds is 5. The normalized spacial score (nSPS) is 11.3. The molecule has 2 heterocycles. The van der Waals surface area contributed by atoms with Gasteiger partial charge in [0.15, 0.2) is 0 Å². The van der Waals surface area contributed by atoms with Crippen molar-refractivity contribution in [3.05, 3.63) is 59.3 Å². The fourth-order valence-corrected chi connectivity index (χ4v) is 2.56. The fraction of sp³-hybridized carbons (Fsp3) is 0.294. The van der Waals surface area contributed by atoms with Crippen molar-refractivity contribution in [1.82, 2.24) is 25.1 Å². The second-order valence-electron chi connectivity index (χ2n) is 5.78. The van der Waals surface area contributed by atoms with Crippen molar-refractivity contribution >= 4 is 0 Å². The van der Waals surface area contributed by atoms with Gasteiger partial charge in [0.2, 0.25) is 0 Å². The molecule has 0 fully saturated rings. The molecule has 0 atom stereocenters.